The highest BCUT2D eigenvalue weighted by Crippen LogP contribution is 2.21. The van der Waals surface area contributed by atoms with Crippen molar-refractivity contribution in [2.24, 2.45) is 0 Å². The molecule has 0 bridgehead atoms. The van der Waals surface area contributed by atoms with Gasteiger partial charge in [-0.2, -0.15) is 0 Å². The first kappa shape index (κ1) is 17.5. The van der Waals surface area contributed by atoms with Crippen LogP contribution in [0.1, 0.15) is 27.2 Å². The van der Waals surface area contributed by atoms with Crippen molar-refractivity contribution in [1.29, 1.82) is 0 Å². The van der Waals surface area contributed by atoms with Gasteiger partial charge in [0.2, 0.25) is 5.91 Å². The number of amides is 1. The van der Waals surface area contributed by atoms with Gasteiger partial charge in [0, 0.05) is 17.0 Å². The Hall–Kier alpha value is -1.56. The van der Waals surface area contributed by atoms with Crippen LogP contribution in [0.25, 0.3) is 0 Å². The third-order valence-electron chi connectivity index (χ3n) is 2.84. The first-order valence-electron chi connectivity index (χ1n) is 6.61. The van der Waals surface area contributed by atoms with Crippen molar-refractivity contribution < 1.29 is 19.1 Å². The molecule has 0 spiro atoms. The fraction of sp³-hybridized carbons (Fsp3) is 0.467. The maximum atomic E-state index is 12.8. The van der Waals surface area contributed by atoms with Gasteiger partial charge in [0.1, 0.15) is 5.82 Å². The number of hydrogen-bond donors (Lipinski definition) is 1. The summed E-state index contributed by atoms with van der Waals surface area (Å²) in [7, 11) is 0. The van der Waals surface area contributed by atoms with Crippen LogP contribution in [-0.2, 0) is 9.59 Å². The van der Waals surface area contributed by atoms with E-state index >= 15 is 0 Å². The van der Waals surface area contributed by atoms with Gasteiger partial charge in [-0.15, -0.1) is 11.8 Å². The zero-order valence-electron chi connectivity index (χ0n) is 12.4. The van der Waals surface area contributed by atoms with Gasteiger partial charge >= 0.3 is 5.97 Å². The van der Waals surface area contributed by atoms with Crippen molar-refractivity contribution in [2.75, 3.05) is 12.3 Å². The first-order valence-corrected chi connectivity index (χ1v) is 7.59. The summed E-state index contributed by atoms with van der Waals surface area (Å²) >= 11 is 1.31. The Morgan fingerprint density at radius 3 is 2.29 bits per heavy atom. The van der Waals surface area contributed by atoms with E-state index in [1.165, 1.54) is 23.9 Å². The predicted molar refractivity (Wildman–Crippen MR) is 80.8 cm³/mol. The molecular weight excluding hydrogens is 293 g/mol. The molecule has 1 amide bonds. The number of carbonyl (C=O) groups is 2. The Labute approximate surface area is 128 Å². The first-order chi connectivity index (χ1) is 9.70. The topological polar surface area (TPSA) is 57.6 Å². The lowest BCUT2D eigenvalue weighted by Crippen LogP contribution is -2.47. The van der Waals surface area contributed by atoms with Crippen LogP contribution in [-0.4, -0.2) is 39.7 Å². The van der Waals surface area contributed by atoms with Gasteiger partial charge in [-0.3, -0.25) is 9.59 Å². The molecule has 0 unspecified atom stereocenters. The van der Waals surface area contributed by atoms with Crippen molar-refractivity contribution in [3.8, 4) is 0 Å². The van der Waals surface area contributed by atoms with Crippen molar-refractivity contribution in [2.45, 2.75) is 37.6 Å². The fourth-order valence-corrected chi connectivity index (χ4v) is 2.57. The molecule has 0 radical (unpaired) electrons. The molecule has 21 heavy (non-hydrogen) atoms. The minimum atomic E-state index is -0.928. The second-order valence-corrected chi connectivity index (χ2v) is 6.65. The van der Waals surface area contributed by atoms with Crippen LogP contribution in [0.4, 0.5) is 4.39 Å². The molecule has 1 N–H and O–H groups in total. The number of benzene rings is 1. The monoisotopic (exact) mass is 313 g/mol. The van der Waals surface area contributed by atoms with Crippen LogP contribution in [0.15, 0.2) is 29.2 Å². The molecule has 0 atom stereocenters. The summed E-state index contributed by atoms with van der Waals surface area (Å²) < 4.78 is 12.8. The van der Waals surface area contributed by atoms with Gasteiger partial charge in [-0.1, -0.05) is 0 Å². The summed E-state index contributed by atoms with van der Waals surface area (Å²) in [6.45, 7) is 5.79. The van der Waals surface area contributed by atoms with Crippen LogP contribution in [0.2, 0.25) is 0 Å². The van der Waals surface area contributed by atoms with Crippen LogP contribution < -0.4 is 0 Å². The molecular formula is C15H20FNO3S. The summed E-state index contributed by atoms with van der Waals surface area (Å²) in [5.74, 6) is -1.17. The molecule has 0 saturated carbocycles. The number of carboxylic acids is 1. The zero-order valence-corrected chi connectivity index (χ0v) is 13.2. The van der Waals surface area contributed by atoms with E-state index in [0.717, 1.165) is 4.90 Å². The number of carbonyl (C=O) groups excluding carboxylic acids is 1. The van der Waals surface area contributed by atoms with E-state index in [9.17, 15) is 14.0 Å². The molecule has 0 aliphatic heterocycles. The van der Waals surface area contributed by atoms with Gasteiger partial charge < -0.3 is 10.0 Å². The summed E-state index contributed by atoms with van der Waals surface area (Å²) in [4.78, 5) is 25.3. The third kappa shape index (κ3) is 6.16. The minimum absolute atomic E-state index is 0.0791. The fourth-order valence-electron chi connectivity index (χ4n) is 1.80. The van der Waals surface area contributed by atoms with Gasteiger partial charge in [-0.25, -0.2) is 4.39 Å². The summed E-state index contributed by atoms with van der Waals surface area (Å²) in [6.07, 6.45) is -0.0791. The second-order valence-electron chi connectivity index (χ2n) is 5.60. The number of rotatable bonds is 6. The molecule has 116 valence electrons. The molecule has 1 aromatic carbocycles. The van der Waals surface area contributed by atoms with E-state index in [-0.39, 0.29) is 30.4 Å². The van der Waals surface area contributed by atoms with Gasteiger partial charge in [-0.05, 0) is 45.0 Å². The number of halogens is 1. The number of hydrogen-bond acceptors (Lipinski definition) is 3. The minimum Gasteiger partial charge on any atom is -0.481 e. The Morgan fingerprint density at radius 1 is 1.24 bits per heavy atom. The van der Waals surface area contributed by atoms with E-state index in [4.69, 9.17) is 5.11 Å². The number of nitrogens with zero attached hydrogens (tertiary/aromatic N) is 1. The molecule has 1 rings (SSSR count). The summed E-state index contributed by atoms with van der Waals surface area (Å²) in [5.41, 5.74) is -0.435. The third-order valence-corrected chi connectivity index (χ3v) is 3.83. The van der Waals surface area contributed by atoms with Gasteiger partial charge in [0.05, 0.1) is 12.2 Å². The highest BCUT2D eigenvalue weighted by atomic mass is 32.2. The van der Waals surface area contributed by atoms with Crippen LogP contribution in [0, 0.1) is 5.82 Å². The van der Waals surface area contributed by atoms with E-state index < -0.39 is 11.5 Å². The van der Waals surface area contributed by atoms with E-state index in [1.54, 1.807) is 17.0 Å². The van der Waals surface area contributed by atoms with Gasteiger partial charge in [0.25, 0.3) is 0 Å². The molecule has 0 fully saturated rings. The molecule has 1 aromatic rings. The maximum absolute atomic E-state index is 12.8. The molecule has 4 nitrogen and oxygen atoms in total. The summed E-state index contributed by atoms with van der Waals surface area (Å²) in [5, 5.41) is 8.77. The number of aliphatic carboxylic acids is 1. The molecule has 6 heteroatoms. The lowest BCUT2D eigenvalue weighted by atomic mass is 10.1. The number of carboxylic acid groups (broad SMARTS) is 1. The van der Waals surface area contributed by atoms with Crippen LogP contribution in [0.5, 0.6) is 0 Å². The largest absolute Gasteiger partial charge is 0.481 e. The quantitative estimate of drug-likeness (QED) is 0.820. The molecule has 0 aromatic heterocycles. The molecule has 0 heterocycles. The maximum Gasteiger partial charge on any atom is 0.305 e. The van der Waals surface area contributed by atoms with Crippen molar-refractivity contribution in [1.82, 2.24) is 4.90 Å². The normalized spacial score (nSPS) is 11.2. The van der Waals surface area contributed by atoms with E-state index in [1.807, 2.05) is 20.8 Å². The Bertz CT molecular complexity index is 497. The number of thioether (sulfide) groups is 1. The lowest BCUT2D eigenvalue weighted by molar-refractivity contribution is -0.139. The van der Waals surface area contributed by atoms with Crippen molar-refractivity contribution >= 4 is 23.6 Å². The Kier molecular flexibility index (Phi) is 6.20. The highest BCUT2D eigenvalue weighted by Gasteiger charge is 2.26. The highest BCUT2D eigenvalue weighted by molar-refractivity contribution is 8.00. The molecule has 0 aliphatic carbocycles. The zero-order chi connectivity index (χ0) is 16.0. The average molecular weight is 313 g/mol. The van der Waals surface area contributed by atoms with Crippen molar-refractivity contribution in [3.63, 3.8) is 0 Å². The second kappa shape index (κ2) is 7.45. The van der Waals surface area contributed by atoms with E-state index in [2.05, 4.69) is 0 Å². The van der Waals surface area contributed by atoms with Crippen molar-refractivity contribution in [3.05, 3.63) is 30.1 Å². The van der Waals surface area contributed by atoms with Crippen LogP contribution >= 0.6 is 11.8 Å². The SMILES string of the molecule is CC(C)(C)N(CCC(=O)O)C(=O)CSc1ccc(F)cc1. The smallest absolute Gasteiger partial charge is 0.305 e. The van der Waals surface area contributed by atoms with E-state index in [0.29, 0.717) is 0 Å². The molecule has 0 saturated heterocycles. The Balaban J connectivity index is 2.63. The molecule has 0 aliphatic rings. The lowest BCUT2D eigenvalue weighted by Gasteiger charge is -2.35. The van der Waals surface area contributed by atoms with Gasteiger partial charge in [0.15, 0.2) is 0 Å². The standard InChI is InChI=1S/C15H20FNO3S/c1-15(2,3)17(9-8-14(19)20)13(18)10-21-12-6-4-11(16)5-7-12/h4-7H,8-10H2,1-3H3,(H,19,20). The Morgan fingerprint density at radius 2 is 1.81 bits per heavy atom. The predicted octanol–water partition coefficient (Wildman–Crippen LogP) is 3.02. The average Bonchev–Trinajstić information content (AvgIpc) is 2.36. The summed E-state index contributed by atoms with van der Waals surface area (Å²) in [6, 6.07) is 5.93. The van der Waals surface area contributed by atoms with Crippen LogP contribution in [0.3, 0.4) is 0 Å².